The first kappa shape index (κ1) is 13.7. The second-order valence-corrected chi connectivity index (χ2v) is 6.05. The largest absolute Gasteiger partial charge is 0.494 e. The lowest BCUT2D eigenvalue weighted by Crippen LogP contribution is -2.10. The van der Waals surface area contributed by atoms with Crippen LogP contribution in [0, 0.1) is 5.41 Å². The summed E-state index contributed by atoms with van der Waals surface area (Å²) >= 11 is 0. The number of hydrogen-bond acceptors (Lipinski definition) is 1. The highest BCUT2D eigenvalue weighted by atomic mass is 16.5. The van der Waals surface area contributed by atoms with Crippen LogP contribution in [0.3, 0.4) is 0 Å². The monoisotopic (exact) mass is 254 g/mol. The maximum Gasteiger partial charge on any atom is 0.119 e. The minimum absolute atomic E-state index is 0.323. The predicted molar refractivity (Wildman–Crippen MR) is 81.4 cm³/mol. The molecule has 0 aromatic heterocycles. The molecule has 2 rings (SSSR count). The van der Waals surface area contributed by atoms with Crippen molar-refractivity contribution in [1.82, 2.24) is 0 Å². The van der Waals surface area contributed by atoms with Gasteiger partial charge in [0.2, 0.25) is 0 Å². The summed E-state index contributed by atoms with van der Waals surface area (Å²) < 4.78 is 5.77. The van der Waals surface area contributed by atoms with Gasteiger partial charge in [0.25, 0.3) is 0 Å². The van der Waals surface area contributed by atoms with Crippen molar-refractivity contribution in [2.45, 2.75) is 27.2 Å². The molecule has 0 amide bonds. The molecule has 0 unspecified atom stereocenters. The fourth-order valence-electron chi connectivity index (χ4n) is 1.85. The van der Waals surface area contributed by atoms with Crippen LogP contribution in [-0.4, -0.2) is 6.61 Å². The Balaban J connectivity index is 1.96. The van der Waals surface area contributed by atoms with E-state index in [-0.39, 0.29) is 0 Å². The SMILES string of the molecule is CC(C)(C)CCOc1ccc(-c2ccccc2)cc1. The quantitative estimate of drug-likeness (QED) is 0.731. The minimum atomic E-state index is 0.323. The zero-order chi connectivity index (χ0) is 13.7. The van der Waals surface area contributed by atoms with Gasteiger partial charge in [-0.15, -0.1) is 0 Å². The Kier molecular flexibility index (Phi) is 4.26. The predicted octanol–water partition coefficient (Wildman–Crippen LogP) is 5.17. The van der Waals surface area contributed by atoms with Crippen LogP contribution in [0.1, 0.15) is 27.2 Å². The molecule has 0 atom stereocenters. The van der Waals surface area contributed by atoms with Gasteiger partial charge in [0, 0.05) is 0 Å². The average molecular weight is 254 g/mol. The van der Waals surface area contributed by atoms with Crippen LogP contribution >= 0.6 is 0 Å². The number of benzene rings is 2. The number of hydrogen-bond donors (Lipinski definition) is 0. The smallest absolute Gasteiger partial charge is 0.119 e. The molecule has 0 N–H and O–H groups in total. The molecule has 0 fully saturated rings. The Morgan fingerprint density at radius 3 is 1.95 bits per heavy atom. The molecule has 0 radical (unpaired) electrons. The Labute approximate surface area is 116 Å². The van der Waals surface area contributed by atoms with Crippen molar-refractivity contribution in [2.75, 3.05) is 6.61 Å². The highest BCUT2D eigenvalue weighted by Crippen LogP contribution is 2.23. The molecule has 0 aliphatic heterocycles. The first-order valence-corrected chi connectivity index (χ1v) is 6.83. The number of ether oxygens (including phenoxy) is 1. The summed E-state index contributed by atoms with van der Waals surface area (Å²) in [4.78, 5) is 0. The van der Waals surface area contributed by atoms with E-state index in [1.807, 2.05) is 18.2 Å². The van der Waals surface area contributed by atoms with Crippen LogP contribution in [0.5, 0.6) is 5.75 Å². The van der Waals surface area contributed by atoms with Crippen molar-refractivity contribution in [2.24, 2.45) is 5.41 Å². The molecule has 100 valence electrons. The average Bonchev–Trinajstić information content (AvgIpc) is 2.39. The van der Waals surface area contributed by atoms with Gasteiger partial charge in [-0.2, -0.15) is 0 Å². The molecule has 0 spiro atoms. The molecule has 2 aromatic carbocycles. The molecular weight excluding hydrogens is 232 g/mol. The summed E-state index contributed by atoms with van der Waals surface area (Å²) in [6.45, 7) is 7.47. The van der Waals surface area contributed by atoms with Crippen LogP contribution in [0.2, 0.25) is 0 Å². The Morgan fingerprint density at radius 1 is 0.789 bits per heavy atom. The van der Waals surface area contributed by atoms with Gasteiger partial charge in [0.15, 0.2) is 0 Å². The van der Waals surface area contributed by atoms with E-state index in [0.29, 0.717) is 5.41 Å². The third kappa shape index (κ3) is 4.44. The fraction of sp³-hybridized carbons (Fsp3) is 0.333. The molecule has 0 saturated heterocycles. The first-order chi connectivity index (χ1) is 9.04. The maximum absolute atomic E-state index is 5.77. The second kappa shape index (κ2) is 5.92. The second-order valence-electron chi connectivity index (χ2n) is 6.05. The summed E-state index contributed by atoms with van der Waals surface area (Å²) in [6, 6.07) is 18.7. The van der Waals surface area contributed by atoms with E-state index in [0.717, 1.165) is 18.8 Å². The maximum atomic E-state index is 5.77. The summed E-state index contributed by atoms with van der Waals surface area (Å²) in [6.07, 6.45) is 1.06. The van der Waals surface area contributed by atoms with E-state index in [1.54, 1.807) is 0 Å². The van der Waals surface area contributed by atoms with Crippen LogP contribution in [0.4, 0.5) is 0 Å². The van der Waals surface area contributed by atoms with E-state index in [1.165, 1.54) is 11.1 Å². The number of rotatable bonds is 4. The normalized spacial score (nSPS) is 11.3. The molecule has 0 saturated carbocycles. The topological polar surface area (TPSA) is 9.23 Å². The van der Waals surface area contributed by atoms with Crippen LogP contribution in [-0.2, 0) is 0 Å². The molecule has 2 aromatic rings. The van der Waals surface area contributed by atoms with Crippen molar-refractivity contribution in [3.63, 3.8) is 0 Å². The lowest BCUT2D eigenvalue weighted by molar-refractivity contribution is 0.243. The summed E-state index contributed by atoms with van der Waals surface area (Å²) in [5, 5.41) is 0. The van der Waals surface area contributed by atoms with Gasteiger partial charge in [0.05, 0.1) is 6.61 Å². The lowest BCUT2D eigenvalue weighted by atomic mass is 9.93. The van der Waals surface area contributed by atoms with Gasteiger partial charge in [-0.1, -0.05) is 63.2 Å². The van der Waals surface area contributed by atoms with Crippen LogP contribution < -0.4 is 4.74 Å². The van der Waals surface area contributed by atoms with E-state index >= 15 is 0 Å². The molecular formula is C18H22O. The lowest BCUT2D eigenvalue weighted by Gasteiger charge is -2.18. The van der Waals surface area contributed by atoms with Gasteiger partial charge in [-0.3, -0.25) is 0 Å². The molecule has 1 heteroatoms. The van der Waals surface area contributed by atoms with E-state index in [2.05, 4.69) is 57.2 Å². The van der Waals surface area contributed by atoms with Crippen molar-refractivity contribution in [3.8, 4) is 16.9 Å². The molecule has 19 heavy (non-hydrogen) atoms. The van der Waals surface area contributed by atoms with Crippen molar-refractivity contribution in [1.29, 1.82) is 0 Å². The van der Waals surface area contributed by atoms with Gasteiger partial charge < -0.3 is 4.74 Å². The molecule has 0 aliphatic carbocycles. The highest BCUT2D eigenvalue weighted by Gasteiger charge is 2.09. The molecule has 1 nitrogen and oxygen atoms in total. The van der Waals surface area contributed by atoms with Crippen LogP contribution in [0.15, 0.2) is 54.6 Å². The summed E-state index contributed by atoms with van der Waals surface area (Å²) in [7, 11) is 0. The van der Waals surface area contributed by atoms with Gasteiger partial charge in [-0.05, 0) is 35.1 Å². The standard InChI is InChI=1S/C18H22O/c1-18(2,3)13-14-19-17-11-9-16(10-12-17)15-7-5-4-6-8-15/h4-12H,13-14H2,1-3H3. The molecule has 0 heterocycles. The van der Waals surface area contributed by atoms with Crippen LogP contribution in [0.25, 0.3) is 11.1 Å². The van der Waals surface area contributed by atoms with Gasteiger partial charge >= 0.3 is 0 Å². The van der Waals surface area contributed by atoms with Crippen molar-refractivity contribution >= 4 is 0 Å². The van der Waals surface area contributed by atoms with Gasteiger partial charge in [-0.25, -0.2) is 0 Å². The fourth-order valence-corrected chi connectivity index (χ4v) is 1.85. The zero-order valence-corrected chi connectivity index (χ0v) is 12.0. The Morgan fingerprint density at radius 2 is 1.37 bits per heavy atom. The molecule has 0 bridgehead atoms. The van der Waals surface area contributed by atoms with Gasteiger partial charge in [0.1, 0.15) is 5.75 Å². The minimum Gasteiger partial charge on any atom is -0.494 e. The van der Waals surface area contributed by atoms with Crippen molar-refractivity contribution in [3.05, 3.63) is 54.6 Å². The summed E-state index contributed by atoms with van der Waals surface area (Å²) in [5.41, 5.74) is 2.79. The zero-order valence-electron chi connectivity index (χ0n) is 12.0. The molecule has 0 aliphatic rings. The van der Waals surface area contributed by atoms with E-state index < -0.39 is 0 Å². The van der Waals surface area contributed by atoms with E-state index in [4.69, 9.17) is 4.74 Å². The Hall–Kier alpha value is -1.76. The highest BCUT2D eigenvalue weighted by molar-refractivity contribution is 5.63. The summed E-state index contributed by atoms with van der Waals surface area (Å²) in [5.74, 6) is 0.948. The third-order valence-electron chi connectivity index (χ3n) is 3.08. The third-order valence-corrected chi connectivity index (χ3v) is 3.08. The Bertz CT molecular complexity index is 491. The van der Waals surface area contributed by atoms with E-state index in [9.17, 15) is 0 Å². The van der Waals surface area contributed by atoms with Crippen molar-refractivity contribution < 1.29 is 4.74 Å². The first-order valence-electron chi connectivity index (χ1n) is 6.83.